The first-order valence-electron chi connectivity index (χ1n) is 4.56. The predicted molar refractivity (Wildman–Crippen MR) is 54.3 cm³/mol. The average molecular weight is 271 g/mol. The minimum absolute atomic E-state index is 0.306. The average Bonchev–Trinajstić information content (AvgIpc) is 2.26. The van der Waals surface area contributed by atoms with E-state index >= 15 is 0 Å². The molecular formula is C9H10ClF3N2O2. The monoisotopic (exact) mass is 270 g/mol. The van der Waals surface area contributed by atoms with Crippen LogP contribution in [0.3, 0.4) is 0 Å². The lowest BCUT2D eigenvalue weighted by Crippen LogP contribution is -2.27. The van der Waals surface area contributed by atoms with E-state index in [9.17, 15) is 23.4 Å². The quantitative estimate of drug-likeness (QED) is 0.719. The van der Waals surface area contributed by atoms with Crippen LogP contribution in [0.1, 0.15) is 17.2 Å². The molecule has 2 unspecified atom stereocenters. The lowest BCUT2D eigenvalue weighted by atomic mass is 10.0. The molecular weight excluding hydrogens is 261 g/mol. The van der Waals surface area contributed by atoms with Gasteiger partial charge in [-0.25, -0.2) is 4.98 Å². The van der Waals surface area contributed by atoms with Gasteiger partial charge in [0.15, 0.2) is 0 Å². The fourth-order valence-electron chi connectivity index (χ4n) is 1.16. The molecule has 0 saturated carbocycles. The van der Waals surface area contributed by atoms with Gasteiger partial charge in [0.25, 0.3) is 0 Å². The van der Waals surface area contributed by atoms with E-state index in [1.54, 1.807) is 0 Å². The summed E-state index contributed by atoms with van der Waals surface area (Å²) in [6, 6.07) is 0.638. The number of aliphatic hydroxyl groups excluding tert-OH is 2. The highest BCUT2D eigenvalue weighted by Crippen LogP contribution is 2.33. The first-order chi connectivity index (χ1) is 7.77. The molecule has 0 radical (unpaired) electrons. The molecule has 0 saturated heterocycles. The zero-order valence-electron chi connectivity index (χ0n) is 8.45. The number of hydrogen-bond acceptors (Lipinski definition) is 4. The Hall–Kier alpha value is -0.890. The van der Waals surface area contributed by atoms with Gasteiger partial charge in [-0.05, 0) is 6.07 Å². The second kappa shape index (κ2) is 5.18. The van der Waals surface area contributed by atoms with Crippen molar-refractivity contribution in [3.8, 4) is 0 Å². The Morgan fingerprint density at radius 2 is 2.00 bits per heavy atom. The van der Waals surface area contributed by atoms with Crippen molar-refractivity contribution >= 4 is 11.6 Å². The Labute approximate surface area is 99.8 Å². The van der Waals surface area contributed by atoms with Gasteiger partial charge in [-0.3, -0.25) is 0 Å². The van der Waals surface area contributed by atoms with Gasteiger partial charge in [0.1, 0.15) is 11.3 Å². The van der Waals surface area contributed by atoms with Gasteiger partial charge in [0.05, 0.1) is 11.7 Å². The van der Waals surface area contributed by atoms with Gasteiger partial charge in [0.2, 0.25) is 0 Å². The van der Waals surface area contributed by atoms with Crippen LogP contribution >= 0.6 is 11.6 Å². The number of alkyl halides is 3. The Morgan fingerprint density at radius 1 is 1.41 bits per heavy atom. The zero-order chi connectivity index (χ0) is 13.2. The third kappa shape index (κ3) is 3.29. The SMILES string of the molecule is NCC(O)C(O)c1cc(C(F)(F)F)cnc1Cl. The lowest BCUT2D eigenvalue weighted by molar-refractivity contribution is -0.138. The maximum atomic E-state index is 12.4. The molecule has 1 aromatic heterocycles. The minimum atomic E-state index is -4.60. The van der Waals surface area contributed by atoms with Gasteiger partial charge in [-0.15, -0.1) is 0 Å². The van der Waals surface area contributed by atoms with Crippen LogP contribution in [0.4, 0.5) is 13.2 Å². The summed E-state index contributed by atoms with van der Waals surface area (Å²) in [6.07, 6.45) is -7.06. The van der Waals surface area contributed by atoms with Crippen LogP contribution in [-0.4, -0.2) is 27.8 Å². The molecule has 2 atom stereocenters. The molecule has 0 aromatic carbocycles. The predicted octanol–water partition coefficient (Wildman–Crippen LogP) is 1.11. The summed E-state index contributed by atoms with van der Waals surface area (Å²) in [7, 11) is 0. The summed E-state index contributed by atoms with van der Waals surface area (Å²) < 4.78 is 37.2. The van der Waals surface area contributed by atoms with Crippen LogP contribution in [0.2, 0.25) is 5.15 Å². The van der Waals surface area contributed by atoms with E-state index in [4.69, 9.17) is 17.3 Å². The van der Waals surface area contributed by atoms with Crippen molar-refractivity contribution in [2.75, 3.05) is 6.54 Å². The summed E-state index contributed by atoms with van der Waals surface area (Å²) in [5, 5.41) is 18.5. The Balaban J connectivity index is 3.15. The van der Waals surface area contributed by atoms with E-state index in [-0.39, 0.29) is 17.3 Å². The van der Waals surface area contributed by atoms with Crippen LogP contribution < -0.4 is 5.73 Å². The first-order valence-corrected chi connectivity index (χ1v) is 4.94. The first kappa shape index (κ1) is 14.2. The molecule has 8 heteroatoms. The molecule has 0 aliphatic rings. The highest BCUT2D eigenvalue weighted by molar-refractivity contribution is 6.30. The highest BCUT2D eigenvalue weighted by atomic mass is 35.5. The highest BCUT2D eigenvalue weighted by Gasteiger charge is 2.33. The van der Waals surface area contributed by atoms with E-state index < -0.39 is 23.9 Å². The second-order valence-corrected chi connectivity index (χ2v) is 3.71. The molecule has 17 heavy (non-hydrogen) atoms. The normalized spacial score (nSPS) is 15.7. The molecule has 4 N–H and O–H groups in total. The number of pyridine rings is 1. The van der Waals surface area contributed by atoms with Crippen LogP contribution in [-0.2, 0) is 6.18 Å². The molecule has 0 aliphatic carbocycles. The van der Waals surface area contributed by atoms with Crippen molar-refractivity contribution in [1.82, 2.24) is 4.98 Å². The van der Waals surface area contributed by atoms with Gasteiger partial charge < -0.3 is 15.9 Å². The van der Waals surface area contributed by atoms with Crippen molar-refractivity contribution < 1.29 is 23.4 Å². The standard InChI is InChI=1S/C9H10ClF3N2O2/c10-8-5(7(17)6(16)2-14)1-4(3-15-8)9(11,12)13/h1,3,6-7,16-17H,2,14H2. The van der Waals surface area contributed by atoms with Gasteiger partial charge in [-0.2, -0.15) is 13.2 Å². The van der Waals surface area contributed by atoms with Crippen LogP contribution in [0.5, 0.6) is 0 Å². The van der Waals surface area contributed by atoms with Crippen molar-refractivity contribution in [2.45, 2.75) is 18.4 Å². The molecule has 0 spiro atoms. The van der Waals surface area contributed by atoms with E-state index in [1.165, 1.54) is 0 Å². The number of nitrogens with two attached hydrogens (primary N) is 1. The second-order valence-electron chi connectivity index (χ2n) is 3.35. The maximum absolute atomic E-state index is 12.4. The number of nitrogens with zero attached hydrogens (tertiary/aromatic N) is 1. The molecule has 0 aliphatic heterocycles. The molecule has 4 nitrogen and oxygen atoms in total. The van der Waals surface area contributed by atoms with Crippen LogP contribution in [0, 0.1) is 0 Å². The Morgan fingerprint density at radius 3 is 2.47 bits per heavy atom. The van der Waals surface area contributed by atoms with Gasteiger partial charge >= 0.3 is 6.18 Å². The molecule has 96 valence electrons. The van der Waals surface area contributed by atoms with Crippen molar-refractivity contribution in [3.05, 3.63) is 28.5 Å². The fourth-order valence-corrected chi connectivity index (χ4v) is 1.38. The maximum Gasteiger partial charge on any atom is 0.417 e. The van der Waals surface area contributed by atoms with Gasteiger partial charge in [-0.1, -0.05) is 11.6 Å². The molecule has 1 aromatic rings. The van der Waals surface area contributed by atoms with Crippen molar-refractivity contribution in [3.63, 3.8) is 0 Å². The topological polar surface area (TPSA) is 79.4 Å². The molecule has 0 amide bonds. The Bertz CT molecular complexity index is 400. The van der Waals surface area contributed by atoms with E-state index in [1.807, 2.05) is 0 Å². The van der Waals surface area contributed by atoms with Gasteiger partial charge in [0, 0.05) is 18.3 Å². The third-order valence-corrected chi connectivity index (χ3v) is 2.43. The number of halogens is 4. The number of aromatic nitrogens is 1. The van der Waals surface area contributed by atoms with E-state index in [0.717, 1.165) is 0 Å². The summed E-state index contributed by atoms with van der Waals surface area (Å²) >= 11 is 5.55. The zero-order valence-corrected chi connectivity index (χ0v) is 9.20. The van der Waals surface area contributed by atoms with Crippen molar-refractivity contribution in [1.29, 1.82) is 0 Å². The number of hydrogen-bond donors (Lipinski definition) is 3. The molecule has 0 bridgehead atoms. The summed E-state index contributed by atoms with van der Waals surface area (Å²) in [4.78, 5) is 3.32. The summed E-state index contributed by atoms with van der Waals surface area (Å²) in [5.41, 5.74) is 3.73. The van der Waals surface area contributed by atoms with Crippen LogP contribution in [0.25, 0.3) is 0 Å². The summed E-state index contributed by atoms with van der Waals surface area (Å²) in [6.45, 7) is -0.312. The number of rotatable bonds is 3. The largest absolute Gasteiger partial charge is 0.417 e. The molecule has 1 rings (SSSR count). The molecule has 0 fully saturated rings. The smallest absolute Gasteiger partial charge is 0.389 e. The van der Waals surface area contributed by atoms with Crippen LogP contribution in [0.15, 0.2) is 12.3 Å². The minimum Gasteiger partial charge on any atom is -0.389 e. The summed E-state index contributed by atoms with van der Waals surface area (Å²) in [5.74, 6) is 0. The lowest BCUT2D eigenvalue weighted by Gasteiger charge is -2.18. The van der Waals surface area contributed by atoms with E-state index in [0.29, 0.717) is 12.3 Å². The number of aliphatic hydroxyl groups is 2. The van der Waals surface area contributed by atoms with Crippen molar-refractivity contribution in [2.24, 2.45) is 5.73 Å². The fraction of sp³-hybridized carbons (Fsp3) is 0.444. The Kier molecular flexibility index (Phi) is 4.31. The van der Waals surface area contributed by atoms with E-state index in [2.05, 4.69) is 4.98 Å². The molecule has 1 heterocycles. The third-order valence-electron chi connectivity index (χ3n) is 2.12.